The van der Waals surface area contributed by atoms with Gasteiger partial charge in [-0.2, -0.15) is 0 Å². The Labute approximate surface area is 120 Å². The van der Waals surface area contributed by atoms with Crippen molar-refractivity contribution in [3.63, 3.8) is 0 Å². The van der Waals surface area contributed by atoms with E-state index in [0.29, 0.717) is 14.7 Å². The predicted molar refractivity (Wildman–Crippen MR) is 70.3 cm³/mol. The molecule has 0 atom stereocenters. The molecule has 0 N–H and O–H groups in total. The smallest absolute Gasteiger partial charge is 0.437 e. The van der Waals surface area contributed by atoms with Gasteiger partial charge in [0.25, 0.3) is 0 Å². The number of ether oxygens (including phenoxy) is 2. The molecule has 82 valence electrons. The van der Waals surface area contributed by atoms with Crippen LogP contribution < -0.4 is 4.74 Å². The number of benzene rings is 1. The first kappa shape index (κ1) is 13.5. The SMILES string of the molecule is COC(=O)Oc1c(Br)c(Br)cc(Br)c1Br. The summed E-state index contributed by atoms with van der Waals surface area (Å²) in [5, 5.41) is 0. The first-order valence-corrected chi connectivity index (χ1v) is 6.73. The van der Waals surface area contributed by atoms with E-state index >= 15 is 0 Å². The minimum atomic E-state index is -0.776. The van der Waals surface area contributed by atoms with Gasteiger partial charge >= 0.3 is 6.16 Å². The molecular weight excluding hydrogens is 464 g/mol. The van der Waals surface area contributed by atoms with Crippen molar-refractivity contribution in [3.8, 4) is 5.75 Å². The third kappa shape index (κ3) is 3.18. The third-order valence-electron chi connectivity index (χ3n) is 1.42. The van der Waals surface area contributed by atoms with Crippen molar-refractivity contribution in [3.05, 3.63) is 24.0 Å². The minimum Gasteiger partial charge on any atom is -0.437 e. The monoisotopic (exact) mass is 464 g/mol. The highest BCUT2D eigenvalue weighted by Gasteiger charge is 2.17. The Bertz CT molecular complexity index is 379. The molecule has 15 heavy (non-hydrogen) atoms. The molecule has 0 amide bonds. The van der Waals surface area contributed by atoms with Crippen LogP contribution in [-0.2, 0) is 4.74 Å². The molecule has 0 aromatic heterocycles. The van der Waals surface area contributed by atoms with Gasteiger partial charge in [0.05, 0.1) is 16.1 Å². The molecule has 0 unspecified atom stereocenters. The lowest BCUT2D eigenvalue weighted by atomic mass is 10.3. The summed E-state index contributed by atoms with van der Waals surface area (Å²) < 4.78 is 12.2. The normalized spacial score (nSPS) is 9.93. The Morgan fingerprint density at radius 1 is 1.13 bits per heavy atom. The molecule has 0 fully saturated rings. The van der Waals surface area contributed by atoms with E-state index in [9.17, 15) is 4.79 Å². The molecule has 1 rings (SSSR count). The minimum absolute atomic E-state index is 0.350. The summed E-state index contributed by atoms with van der Waals surface area (Å²) in [4.78, 5) is 11.0. The molecule has 0 radical (unpaired) electrons. The van der Waals surface area contributed by atoms with Gasteiger partial charge in [-0.15, -0.1) is 0 Å². The molecular formula is C8H4Br4O3. The zero-order valence-corrected chi connectivity index (χ0v) is 13.7. The van der Waals surface area contributed by atoms with Crippen LogP contribution in [0.15, 0.2) is 24.0 Å². The van der Waals surface area contributed by atoms with Gasteiger partial charge in [0.15, 0.2) is 5.75 Å². The van der Waals surface area contributed by atoms with E-state index in [1.807, 2.05) is 6.07 Å². The van der Waals surface area contributed by atoms with Crippen LogP contribution in [0.4, 0.5) is 4.79 Å². The van der Waals surface area contributed by atoms with Gasteiger partial charge in [-0.25, -0.2) is 4.79 Å². The number of carbonyl (C=O) groups is 1. The van der Waals surface area contributed by atoms with Crippen molar-refractivity contribution in [2.45, 2.75) is 0 Å². The first-order chi connectivity index (χ1) is 6.97. The second-order valence-corrected chi connectivity index (χ2v) is 5.65. The van der Waals surface area contributed by atoms with Crippen molar-refractivity contribution < 1.29 is 14.3 Å². The molecule has 0 bridgehead atoms. The van der Waals surface area contributed by atoms with Crippen molar-refractivity contribution >= 4 is 69.9 Å². The fourth-order valence-corrected chi connectivity index (χ4v) is 2.94. The number of rotatable bonds is 1. The fraction of sp³-hybridized carbons (Fsp3) is 0.125. The molecule has 0 saturated carbocycles. The molecule has 7 heteroatoms. The predicted octanol–water partition coefficient (Wildman–Crippen LogP) is 4.88. The molecule has 0 saturated heterocycles. The Morgan fingerprint density at radius 2 is 1.60 bits per heavy atom. The summed E-state index contributed by atoms with van der Waals surface area (Å²) >= 11 is 13.2. The maximum Gasteiger partial charge on any atom is 0.513 e. The molecule has 1 aromatic rings. The Hall–Kier alpha value is 0.410. The highest BCUT2D eigenvalue weighted by molar-refractivity contribution is 9.14. The van der Waals surface area contributed by atoms with E-state index in [0.717, 1.165) is 8.95 Å². The van der Waals surface area contributed by atoms with Crippen LogP contribution in [0.2, 0.25) is 0 Å². The van der Waals surface area contributed by atoms with Crippen LogP contribution in [0.3, 0.4) is 0 Å². The summed E-state index contributed by atoms with van der Waals surface area (Å²) in [7, 11) is 1.25. The highest BCUT2D eigenvalue weighted by Crippen LogP contribution is 2.43. The van der Waals surface area contributed by atoms with Crippen LogP contribution in [0.5, 0.6) is 5.75 Å². The zero-order valence-electron chi connectivity index (χ0n) is 7.31. The number of halogens is 4. The standard InChI is InChI=1S/C8H4Br4O3/c1-14-8(13)15-7-5(11)3(9)2-4(10)6(7)12/h2H,1H3. The van der Waals surface area contributed by atoms with Gasteiger partial charge in [-0.1, -0.05) is 0 Å². The van der Waals surface area contributed by atoms with Gasteiger partial charge in [0.2, 0.25) is 0 Å². The second kappa shape index (κ2) is 5.65. The van der Waals surface area contributed by atoms with Crippen molar-refractivity contribution in [1.82, 2.24) is 0 Å². The molecule has 0 spiro atoms. The second-order valence-electron chi connectivity index (χ2n) is 2.35. The Morgan fingerprint density at radius 3 is 2.00 bits per heavy atom. The number of hydrogen-bond donors (Lipinski definition) is 0. The van der Waals surface area contributed by atoms with Crippen LogP contribution >= 0.6 is 63.7 Å². The van der Waals surface area contributed by atoms with Crippen molar-refractivity contribution in [1.29, 1.82) is 0 Å². The van der Waals surface area contributed by atoms with E-state index in [1.165, 1.54) is 7.11 Å². The molecule has 1 aromatic carbocycles. The van der Waals surface area contributed by atoms with E-state index in [-0.39, 0.29) is 0 Å². The summed E-state index contributed by atoms with van der Waals surface area (Å²) in [6, 6.07) is 1.82. The van der Waals surface area contributed by atoms with Gasteiger partial charge in [0, 0.05) is 8.95 Å². The Kier molecular flexibility index (Phi) is 5.08. The lowest BCUT2D eigenvalue weighted by Gasteiger charge is -2.10. The van der Waals surface area contributed by atoms with Gasteiger partial charge in [-0.05, 0) is 69.8 Å². The van der Waals surface area contributed by atoms with Crippen molar-refractivity contribution in [2.75, 3.05) is 7.11 Å². The Balaban J connectivity index is 3.21. The van der Waals surface area contributed by atoms with Gasteiger partial charge in [-0.3, -0.25) is 0 Å². The zero-order chi connectivity index (χ0) is 11.6. The number of hydrogen-bond acceptors (Lipinski definition) is 3. The quantitative estimate of drug-likeness (QED) is 0.335. The topological polar surface area (TPSA) is 35.5 Å². The number of carbonyl (C=O) groups excluding carboxylic acids is 1. The van der Waals surface area contributed by atoms with Crippen LogP contribution in [0, 0.1) is 0 Å². The van der Waals surface area contributed by atoms with Gasteiger partial charge < -0.3 is 9.47 Å². The van der Waals surface area contributed by atoms with E-state index < -0.39 is 6.16 Å². The summed E-state index contributed by atoms with van der Waals surface area (Å²) in [6.07, 6.45) is -0.776. The van der Waals surface area contributed by atoms with Gasteiger partial charge in [0.1, 0.15) is 0 Å². The first-order valence-electron chi connectivity index (χ1n) is 3.56. The number of methoxy groups -OCH3 is 1. The highest BCUT2D eigenvalue weighted by atomic mass is 79.9. The lowest BCUT2D eigenvalue weighted by Crippen LogP contribution is -2.08. The van der Waals surface area contributed by atoms with Crippen LogP contribution in [0.25, 0.3) is 0 Å². The molecule has 3 nitrogen and oxygen atoms in total. The van der Waals surface area contributed by atoms with Crippen molar-refractivity contribution in [2.24, 2.45) is 0 Å². The summed E-state index contributed by atoms with van der Waals surface area (Å²) in [5.41, 5.74) is 0. The van der Waals surface area contributed by atoms with Crippen LogP contribution in [-0.4, -0.2) is 13.3 Å². The van der Waals surface area contributed by atoms with E-state index in [2.05, 4.69) is 68.5 Å². The average Bonchev–Trinajstić information content (AvgIpc) is 2.21. The van der Waals surface area contributed by atoms with E-state index in [4.69, 9.17) is 4.74 Å². The lowest BCUT2D eigenvalue weighted by molar-refractivity contribution is 0.121. The summed E-state index contributed by atoms with van der Waals surface area (Å²) in [5.74, 6) is 0.350. The summed E-state index contributed by atoms with van der Waals surface area (Å²) in [6.45, 7) is 0. The average molecular weight is 468 g/mol. The molecule has 0 aliphatic carbocycles. The molecule has 0 heterocycles. The third-order valence-corrected chi connectivity index (χ3v) is 5.31. The molecule has 0 aliphatic heterocycles. The van der Waals surface area contributed by atoms with Crippen LogP contribution in [0.1, 0.15) is 0 Å². The largest absolute Gasteiger partial charge is 0.513 e. The maximum atomic E-state index is 11.0. The van der Waals surface area contributed by atoms with E-state index in [1.54, 1.807) is 0 Å². The fourth-order valence-electron chi connectivity index (χ4n) is 0.766. The molecule has 0 aliphatic rings. The maximum absolute atomic E-state index is 11.0.